The van der Waals surface area contributed by atoms with E-state index >= 15 is 0 Å². The number of aliphatic hydroxyl groups excluding tert-OH is 3. The minimum atomic E-state index is -1.05. The molecule has 32 heavy (non-hydrogen) atoms. The number of phenols is 1. The summed E-state index contributed by atoms with van der Waals surface area (Å²) in [5, 5.41) is 42.4. The summed E-state index contributed by atoms with van der Waals surface area (Å²) in [5.41, 5.74) is 2.28. The molecule has 7 heteroatoms. The number of aromatic hydroxyl groups is 1. The predicted molar refractivity (Wildman–Crippen MR) is 119 cm³/mol. The lowest BCUT2D eigenvalue weighted by Gasteiger charge is -2.14. The normalized spacial score (nSPS) is 13.0. The molecule has 0 bridgehead atoms. The lowest BCUT2D eigenvalue weighted by molar-refractivity contribution is 0.105. The molecular formula is C25H28FNO5. The molecule has 0 saturated carbocycles. The van der Waals surface area contributed by atoms with Crippen molar-refractivity contribution in [1.82, 2.24) is 5.32 Å². The van der Waals surface area contributed by atoms with E-state index < -0.39 is 18.0 Å². The van der Waals surface area contributed by atoms with Gasteiger partial charge in [0.25, 0.3) is 0 Å². The molecule has 0 radical (unpaired) electrons. The van der Waals surface area contributed by atoms with Crippen molar-refractivity contribution in [2.75, 3.05) is 19.7 Å². The van der Waals surface area contributed by atoms with Crippen LogP contribution in [0.15, 0.2) is 66.7 Å². The van der Waals surface area contributed by atoms with Crippen LogP contribution in [0.25, 0.3) is 0 Å². The molecule has 5 N–H and O–H groups in total. The summed E-state index contributed by atoms with van der Waals surface area (Å²) >= 11 is 0. The van der Waals surface area contributed by atoms with Crippen LogP contribution < -0.4 is 10.1 Å². The van der Waals surface area contributed by atoms with Crippen molar-refractivity contribution >= 4 is 0 Å². The molecular weight excluding hydrogens is 413 g/mol. The number of ether oxygens (including phenoxy) is 1. The van der Waals surface area contributed by atoms with Crippen molar-refractivity contribution in [3.63, 3.8) is 0 Å². The van der Waals surface area contributed by atoms with E-state index in [1.165, 1.54) is 18.2 Å². The highest BCUT2D eigenvalue weighted by atomic mass is 19.1. The Hall–Kier alpha value is -2.97. The van der Waals surface area contributed by atoms with Gasteiger partial charge >= 0.3 is 0 Å². The van der Waals surface area contributed by atoms with E-state index in [0.29, 0.717) is 30.0 Å². The van der Waals surface area contributed by atoms with Crippen molar-refractivity contribution in [3.8, 4) is 11.5 Å². The van der Waals surface area contributed by atoms with Crippen molar-refractivity contribution in [2.24, 2.45) is 0 Å². The molecule has 3 aromatic rings. The smallest absolute Gasteiger partial charge is 0.129 e. The van der Waals surface area contributed by atoms with Crippen LogP contribution in [0.4, 0.5) is 4.39 Å². The minimum Gasteiger partial charge on any atom is -0.508 e. The molecule has 3 rings (SSSR count). The van der Waals surface area contributed by atoms with Crippen LogP contribution in [0.5, 0.6) is 11.5 Å². The van der Waals surface area contributed by atoms with Gasteiger partial charge in [-0.15, -0.1) is 0 Å². The summed E-state index contributed by atoms with van der Waals surface area (Å²) in [6.45, 7) is 0.648. The molecule has 0 saturated heterocycles. The average Bonchev–Trinajstić information content (AvgIpc) is 2.81. The second-order valence-corrected chi connectivity index (χ2v) is 7.51. The largest absolute Gasteiger partial charge is 0.508 e. The van der Waals surface area contributed by atoms with Crippen molar-refractivity contribution in [2.45, 2.75) is 25.2 Å². The van der Waals surface area contributed by atoms with Crippen molar-refractivity contribution in [3.05, 3.63) is 94.8 Å². The number of nitrogens with one attached hydrogen (secondary N) is 1. The Balaban J connectivity index is 1.40. The quantitative estimate of drug-likeness (QED) is 0.293. The van der Waals surface area contributed by atoms with Crippen LogP contribution in [0.3, 0.4) is 0 Å². The fourth-order valence-corrected chi connectivity index (χ4v) is 3.29. The molecule has 6 nitrogen and oxygen atoms in total. The number of aliphatic hydroxyl groups is 3. The molecule has 0 heterocycles. The van der Waals surface area contributed by atoms with Crippen LogP contribution in [0, 0.1) is 5.82 Å². The topological polar surface area (TPSA) is 102 Å². The maximum absolute atomic E-state index is 13.7. The van der Waals surface area contributed by atoms with Gasteiger partial charge in [-0.2, -0.15) is 0 Å². The first-order valence-corrected chi connectivity index (χ1v) is 10.4. The highest BCUT2D eigenvalue weighted by Crippen LogP contribution is 2.22. The lowest BCUT2D eigenvalue weighted by atomic mass is 10.1. The molecule has 0 aromatic heterocycles. The number of halogens is 1. The highest BCUT2D eigenvalue weighted by Gasteiger charge is 2.13. The summed E-state index contributed by atoms with van der Waals surface area (Å²) in [4.78, 5) is 0. The summed E-state index contributed by atoms with van der Waals surface area (Å²) in [7, 11) is 0. The first-order chi connectivity index (χ1) is 15.5. The first-order valence-electron chi connectivity index (χ1n) is 10.4. The molecule has 3 aromatic carbocycles. The van der Waals surface area contributed by atoms with Gasteiger partial charge in [-0.3, -0.25) is 0 Å². The zero-order valence-corrected chi connectivity index (χ0v) is 17.6. The summed E-state index contributed by atoms with van der Waals surface area (Å²) in [6.07, 6.45) is -1.06. The number of hydrogen-bond donors (Lipinski definition) is 5. The van der Waals surface area contributed by atoms with Gasteiger partial charge in [0.2, 0.25) is 0 Å². The predicted octanol–water partition coefficient (Wildman–Crippen LogP) is 3.00. The molecule has 0 amide bonds. The Kier molecular flexibility index (Phi) is 8.58. The highest BCUT2D eigenvalue weighted by molar-refractivity contribution is 5.36. The Morgan fingerprint density at radius 2 is 1.69 bits per heavy atom. The van der Waals surface area contributed by atoms with Crippen LogP contribution in [-0.2, 0) is 13.0 Å². The average molecular weight is 441 g/mol. The van der Waals surface area contributed by atoms with E-state index in [0.717, 1.165) is 12.0 Å². The zero-order valence-electron chi connectivity index (χ0n) is 17.6. The number of rotatable bonds is 11. The third-order valence-electron chi connectivity index (χ3n) is 5.18. The third-order valence-corrected chi connectivity index (χ3v) is 5.18. The van der Waals surface area contributed by atoms with Crippen molar-refractivity contribution < 1.29 is 29.6 Å². The molecule has 170 valence electrons. The van der Waals surface area contributed by atoms with Crippen LogP contribution >= 0.6 is 0 Å². The second kappa shape index (κ2) is 11.6. The molecule has 0 spiro atoms. The maximum atomic E-state index is 13.7. The van der Waals surface area contributed by atoms with Crippen LogP contribution in [0.1, 0.15) is 34.5 Å². The Labute approximate surface area is 186 Å². The van der Waals surface area contributed by atoms with Gasteiger partial charge in [-0.25, -0.2) is 4.39 Å². The van der Waals surface area contributed by atoms with Gasteiger partial charge in [-0.05, 0) is 54.4 Å². The van der Waals surface area contributed by atoms with E-state index in [-0.39, 0.29) is 24.5 Å². The van der Waals surface area contributed by atoms with Gasteiger partial charge in [-0.1, -0.05) is 36.4 Å². The minimum absolute atomic E-state index is 0.00516. The van der Waals surface area contributed by atoms with Gasteiger partial charge in [0, 0.05) is 17.7 Å². The van der Waals surface area contributed by atoms with Gasteiger partial charge in [0.1, 0.15) is 30.0 Å². The SMILES string of the molecule is OCc1cc(C(O)CNCCc2ccc(OCC(O)c3ccccc3F)cc2)ccc1O. The first kappa shape index (κ1) is 23.7. The maximum Gasteiger partial charge on any atom is 0.129 e. The van der Waals surface area contributed by atoms with E-state index in [2.05, 4.69) is 5.32 Å². The second-order valence-electron chi connectivity index (χ2n) is 7.51. The van der Waals surface area contributed by atoms with E-state index in [4.69, 9.17) is 4.74 Å². The monoisotopic (exact) mass is 441 g/mol. The van der Waals surface area contributed by atoms with E-state index in [1.807, 2.05) is 12.1 Å². The molecule has 0 fully saturated rings. The lowest BCUT2D eigenvalue weighted by Crippen LogP contribution is -2.23. The van der Waals surface area contributed by atoms with Crippen molar-refractivity contribution in [1.29, 1.82) is 0 Å². The summed E-state index contributed by atoms with van der Waals surface area (Å²) in [6, 6.07) is 18.2. The number of benzene rings is 3. The molecule has 0 aliphatic heterocycles. The summed E-state index contributed by atoms with van der Waals surface area (Å²) < 4.78 is 19.3. The zero-order chi connectivity index (χ0) is 22.9. The fraction of sp³-hybridized carbons (Fsp3) is 0.280. The van der Waals surface area contributed by atoms with Gasteiger partial charge < -0.3 is 30.5 Å². The fourth-order valence-electron chi connectivity index (χ4n) is 3.29. The molecule has 0 aliphatic rings. The Morgan fingerprint density at radius 3 is 2.41 bits per heavy atom. The third kappa shape index (κ3) is 6.51. The standard InChI is InChI=1S/C25H28FNO5/c26-22-4-2-1-3-21(22)25(31)16-32-20-8-5-17(6-9-20)11-12-27-14-24(30)18-7-10-23(29)19(13-18)15-28/h1-10,13,24-25,27-31H,11-12,14-16H2. The van der Waals surface area contributed by atoms with Crippen LogP contribution in [-0.4, -0.2) is 40.1 Å². The Bertz CT molecular complexity index is 996. The van der Waals surface area contributed by atoms with E-state index in [9.17, 15) is 24.8 Å². The van der Waals surface area contributed by atoms with Gasteiger partial charge in [0.15, 0.2) is 0 Å². The van der Waals surface area contributed by atoms with E-state index in [1.54, 1.807) is 36.4 Å². The Morgan fingerprint density at radius 1 is 0.938 bits per heavy atom. The summed E-state index contributed by atoms with van der Waals surface area (Å²) in [5.74, 6) is 0.126. The van der Waals surface area contributed by atoms with Gasteiger partial charge in [0.05, 0.1) is 12.7 Å². The molecule has 0 aliphatic carbocycles. The molecule has 2 atom stereocenters. The van der Waals surface area contributed by atoms with Crippen LogP contribution in [0.2, 0.25) is 0 Å². The molecule has 2 unspecified atom stereocenters. The number of hydrogen-bond acceptors (Lipinski definition) is 6.